The lowest BCUT2D eigenvalue weighted by atomic mass is 9.97. The Morgan fingerprint density at radius 1 is 1.33 bits per heavy atom. The largest absolute Gasteiger partial charge is 0.497 e. The van der Waals surface area contributed by atoms with Gasteiger partial charge in [-0.25, -0.2) is 0 Å². The minimum absolute atomic E-state index is 0.0194. The molecule has 0 bridgehead atoms. The van der Waals surface area contributed by atoms with Gasteiger partial charge >= 0.3 is 0 Å². The molecular formula is C17H25N3O4. The molecule has 2 amide bonds. The van der Waals surface area contributed by atoms with Gasteiger partial charge in [0.15, 0.2) is 0 Å². The van der Waals surface area contributed by atoms with Crippen LogP contribution >= 0.6 is 0 Å². The van der Waals surface area contributed by atoms with Crippen molar-refractivity contribution in [3.63, 3.8) is 0 Å². The number of likely N-dealkylation sites (tertiary alicyclic amines) is 1. The maximum atomic E-state index is 12.4. The van der Waals surface area contributed by atoms with E-state index in [2.05, 4.69) is 5.32 Å². The minimum Gasteiger partial charge on any atom is -0.497 e. The van der Waals surface area contributed by atoms with Gasteiger partial charge in [0.2, 0.25) is 11.8 Å². The summed E-state index contributed by atoms with van der Waals surface area (Å²) in [7, 11) is 3.19. The number of nitrogens with zero attached hydrogens (tertiary/aromatic N) is 1. The quantitative estimate of drug-likeness (QED) is 0.757. The van der Waals surface area contributed by atoms with E-state index in [0.29, 0.717) is 24.6 Å². The van der Waals surface area contributed by atoms with Crippen molar-refractivity contribution in [2.45, 2.75) is 19.4 Å². The van der Waals surface area contributed by atoms with E-state index in [1.165, 1.54) is 0 Å². The molecule has 0 saturated carbocycles. The number of amides is 2. The van der Waals surface area contributed by atoms with Crippen LogP contribution < -0.4 is 20.5 Å². The highest BCUT2D eigenvalue weighted by atomic mass is 16.5. The molecule has 24 heavy (non-hydrogen) atoms. The molecule has 1 aliphatic heterocycles. The van der Waals surface area contributed by atoms with Gasteiger partial charge in [0, 0.05) is 18.7 Å². The number of primary amides is 1. The number of rotatable bonds is 7. The van der Waals surface area contributed by atoms with Crippen LogP contribution in [-0.4, -0.2) is 50.6 Å². The van der Waals surface area contributed by atoms with Crippen LogP contribution in [0, 0.1) is 5.92 Å². The highest BCUT2D eigenvalue weighted by molar-refractivity contribution is 5.79. The maximum absolute atomic E-state index is 12.4. The summed E-state index contributed by atoms with van der Waals surface area (Å²) >= 11 is 0. The highest BCUT2D eigenvalue weighted by Crippen LogP contribution is 2.24. The maximum Gasteiger partial charge on any atom is 0.231 e. The smallest absolute Gasteiger partial charge is 0.231 e. The van der Waals surface area contributed by atoms with Crippen molar-refractivity contribution in [1.29, 1.82) is 0 Å². The summed E-state index contributed by atoms with van der Waals surface area (Å²) in [6.45, 7) is 1.93. The molecule has 0 spiro atoms. The van der Waals surface area contributed by atoms with Gasteiger partial charge < -0.3 is 20.5 Å². The Labute approximate surface area is 142 Å². The van der Waals surface area contributed by atoms with E-state index in [0.717, 1.165) is 24.9 Å². The lowest BCUT2D eigenvalue weighted by molar-refractivity contribution is -0.128. The SMILES string of the molecule is COc1ccc(OC)c(CNC(=O)[C@@H]2CCCN(CC(N)=O)C2)c1. The number of nitrogens with one attached hydrogen (secondary N) is 1. The highest BCUT2D eigenvalue weighted by Gasteiger charge is 2.26. The molecule has 132 valence electrons. The third-order valence-corrected chi connectivity index (χ3v) is 4.20. The van der Waals surface area contributed by atoms with Gasteiger partial charge in [0.05, 0.1) is 26.7 Å². The zero-order valence-corrected chi connectivity index (χ0v) is 14.2. The number of methoxy groups -OCH3 is 2. The van der Waals surface area contributed by atoms with E-state index < -0.39 is 0 Å². The van der Waals surface area contributed by atoms with Crippen LogP contribution in [-0.2, 0) is 16.1 Å². The van der Waals surface area contributed by atoms with Gasteiger partial charge in [-0.2, -0.15) is 0 Å². The van der Waals surface area contributed by atoms with Crippen molar-refractivity contribution in [2.24, 2.45) is 11.7 Å². The topological polar surface area (TPSA) is 93.9 Å². The number of benzene rings is 1. The number of hydrogen-bond acceptors (Lipinski definition) is 5. The van der Waals surface area contributed by atoms with Crippen molar-refractivity contribution in [2.75, 3.05) is 33.9 Å². The predicted molar refractivity (Wildman–Crippen MR) is 89.8 cm³/mol. The van der Waals surface area contributed by atoms with Gasteiger partial charge in [-0.15, -0.1) is 0 Å². The minimum atomic E-state index is -0.364. The molecule has 0 aliphatic carbocycles. The first-order valence-electron chi connectivity index (χ1n) is 8.02. The van der Waals surface area contributed by atoms with E-state index >= 15 is 0 Å². The zero-order valence-electron chi connectivity index (χ0n) is 14.2. The third-order valence-electron chi connectivity index (χ3n) is 4.20. The fraction of sp³-hybridized carbons (Fsp3) is 0.529. The molecule has 1 aromatic carbocycles. The van der Waals surface area contributed by atoms with Crippen LogP contribution in [0.4, 0.5) is 0 Å². The number of carbonyl (C=O) groups is 2. The van der Waals surface area contributed by atoms with Gasteiger partial charge in [0.25, 0.3) is 0 Å². The molecule has 1 aliphatic rings. The molecule has 0 aromatic heterocycles. The Kier molecular flexibility index (Phi) is 6.43. The predicted octanol–water partition coefficient (Wildman–Crippen LogP) is 0.517. The second-order valence-corrected chi connectivity index (χ2v) is 5.94. The Morgan fingerprint density at radius 2 is 2.12 bits per heavy atom. The second kappa shape index (κ2) is 8.54. The average Bonchev–Trinajstić information content (AvgIpc) is 2.59. The molecule has 1 heterocycles. The normalized spacial score (nSPS) is 18.0. The molecule has 2 rings (SSSR count). The molecule has 0 radical (unpaired) electrons. The van der Waals surface area contributed by atoms with Crippen molar-refractivity contribution in [1.82, 2.24) is 10.2 Å². The molecule has 0 unspecified atom stereocenters. The number of nitrogens with two attached hydrogens (primary N) is 1. The summed E-state index contributed by atoms with van der Waals surface area (Å²) in [5, 5.41) is 2.95. The number of hydrogen-bond donors (Lipinski definition) is 2. The number of piperidine rings is 1. The molecule has 3 N–H and O–H groups in total. The lowest BCUT2D eigenvalue weighted by Gasteiger charge is -2.31. The molecule has 1 aromatic rings. The molecule has 1 saturated heterocycles. The number of carbonyl (C=O) groups excluding carboxylic acids is 2. The zero-order chi connectivity index (χ0) is 17.5. The van der Waals surface area contributed by atoms with E-state index in [4.69, 9.17) is 15.2 Å². The molecular weight excluding hydrogens is 310 g/mol. The Balaban J connectivity index is 1.94. The van der Waals surface area contributed by atoms with Crippen LogP contribution in [0.25, 0.3) is 0 Å². The fourth-order valence-electron chi connectivity index (χ4n) is 2.98. The summed E-state index contributed by atoms with van der Waals surface area (Å²) in [5.41, 5.74) is 6.09. The van der Waals surface area contributed by atoms with Gasteiger partial charge in [-0.1, -0.05) is 0 Å². The summed E-state index contributed by atoms with van der Waals surface area (Å²) < 4.78 is 10.5. The lowest BCUT2D eigenvalue weighted by Crippen LogP contribution is -2.45. The summed E-state index contributed by atoms with van der Waals surface area (Å²) in [4.78, 5) is 25.4. The first kappa shape index (κ1) is 18.1. The molecule has 1 atom stereocenters. The van der Waals surface area contributed by atoms with E-state index in [1.54, 1.807) is 14.2 Å². The van der Waals surface area contributed by atoms with Crippen LogP contribution in [0.2, 0.25) is 0 Å². The average molecular weight is 335 g/mol. The van der Waals surface area contributed by atoms with Crippen molar-refractivity contribution >= 4 is 11.8 Å². The standard InChI is InChI=1S/C17H25N3O4/c1-23-14-5-6-15(24-2)13(8-14)9-19-17(22)12-4-3-7-20(10-12)11-16(18)21/h5-6,8,12H,3-4,7,9-11H2,1-2H3,(H2,18,21)(H,19,22)/t12-/m1/s1. The Hall–Kier alpha value is -2.28. The van der Waals surface area contributed by atoms with Crippen LogP contribution in [0.15, 0.2) is 18.2 Å². The third kappa shape index (κ3) is 4.86. The molecule has 7 heteroatoms. The van der Waals surface area contributed by atoms with Gasteiger partial charge in [-0.05, 0) is 37.6 Å². The van der Waals surface area contributed by atoms with E-state index in [-0.39, 0.29) is 24.3 Å². The van der Waals surface area contributed by atoms with Crippen molar-refractivity contribution in [3.8, 4) is 11.5 Å². The fourth-order valence-corrected chi connectivity index (χ4v) is 2.98. The van der Waals surface area contributed by atoms with Crippen molar-refractivity contribution < 1.29 is 19.1 Å². The first-order chi connectivity index (χ1) is 11.5. The second-order valence-electron chi connectivity index (χ2n) is 5.94. The van der Waals surface area contributed by atoms with Gasteiger partial charge in [0.1, 0.15) is 11.5 Å². The first-order valence-corrected chi connectivity index (χ1v) is 8.02. The number of ether oxygens (including phenoxy) is 2. The van der Waals surface area contributed by atoms with Crippen LogP contribution in [0.3, 0.4) is 0 Å². The summed E-state index contributed by atoms with van der Waals surface area (Å²) in [6, 6.07) is 5.47. The molecule has 1 fully saturated rings. The van der Waals surface area contributed by atoms with Crippen LogP contribution in [0.5, 0.6) is 11.5 Å². The van der Waals surface area contributed by atoms with Crippen molar-refractivity contribution in [3.05, 3.63) is 23.8 Å². The summed E-state index contributed by atoms with van der Waals surface area (Å²) in [5.74, 6) is 0.904. The van der Waals surface area contributed by atoms with Crippen LogP contribution in [0.1, 0.15) is 18.4 Å². The van der Waals surface area contributed by atoms with E-state index in [1.807, 2.05) is 23.1 Å². The van der Waals surface area contributed by atoms with E-state index in [9.17, 15) is 9.59 Å². The Morgan fingerprint density at radius 3 is 2.79 bits per heavy atom. The molecule has 7 nitrogen and oxygen atoms in total. The Bertz CT molecular complexity index is 591. The monoisotopic (exact) mass is 335 g/mol. The summed E-state index contributed by atoms with van der Waals surface area (Å²) in [6.07, 6.45) is 1.70. The van der Waals surface area contributed by atoms with Gasteiger partial charge in [-0.3, -0.25) is 14.5 Å².